The topological polar surface area (TPSA) is 72.1 Å². The van der Waals surface area contributed by atoms with E-state index in [9.17, 15) is 4.79 Å². The van der Waals surface area contributed by atoms with E-state index in [4.69, 9.17) is 5.73 Å². The molecule has 0 spiro atoms. The lowest BCUT2D eigenvalue weighted by Gasteiger charge is -2.20. The number of anilines is 1. The number of rotatable bonds is 6. The first-order valence-electron chi connectivity index (χ1n) is 5.66. The van der Waals surface area contributed by atoms with Gasteiger partial charge in [0.1, 0.15) is 5.03 Å². The van der Waals surface area contributed by atoms with Crippen LogP contribution in [-0.2, 0) is 4.79 Å². The van der Waals surface area contributed by atoms with Crippen LogP contribution >= 0.6 is 11.8 Å². The molecule has 0 radical (unpaired) electrons. The van der Waals surface area contributed by atoms with Crippen molar-refractivity contribution in [2.24, 2.45) is 0 Å². The number of carbonyl (C=O) groups is 1. The van der Waals surface area contributed by atoms with E-state index in [1.165, 1.54) is 18.0 Å². The number of hydrogen-bond acceptors (Lipinski definition) is 5. The number of amides is 1. The average molecular weight is 266 g/mol. The molecule has 1 aromatic rings. The van der Waals surface area contributed by atoms with Crippen LogP contribution in [0.5, 0.6) is 0 Å². The smallest absolute Gasteiger partial charge is 0.233 e. The van der Waals surface area contributed by atoms with Crippen molar-refractivity contribution in [3.05, 3.63) is 24.5 Å². The summed E-state index contributed by atoms with van der Waals surface area (Å²) >= 11 is 1.31. The van der Waals surface area contributed by atoms with Crippen LogP contribution in [0.15, 0.2) is 29.6 Å². The minimum atomic E-state index is 0.0514. The van der Waals surface area contributed by atoms with Gasteiger partial charge in [-0.15, -0.1) is 0 Å². The molecular weight excluding hydrogens is 248 g/mol. The molecule has 0 atom stereocenters. The summed E-state index contributed by atoms with van der Waals surface area (Å²) in [6, 6.07) is 0. The zero-order valence-corrected chi connectivity index (χ0v) is 11.5. The third-order valence-electron chi connectivity index (χ3n) is 2.22. The molecule has 0 aliphatic carbocycles. The Balaban J connectivity index is 2.54. The zero-order chi connectivity index (χ0) is 13.5. The maximum atomic E-state index is 12.0. The van der Waals surface area contributed by atoms with Gasteiger partial charge in [-0.05, 0) is 13.8 Å². The van der Waals surface area contributed by atoms with Crippen LogP contribution in [0.1, 0.15) is 13.8 Å². The van der Waals surface area contributed by atoms with E-state index in [2.05, 4.69) is 16.5 Å². The molecule has 2 N–H and O–H groups in total. The van der Waals surface area contributed by atoms with Crippen LogP contribution in [0.25, 0.3) is 0 Å². The van der Waals surface area contributed by atoms with Crippen molar-refractivity contribution in [2.75, 3.05) is 24.6 Å². The Morgan fingerprint density at radius 3 is 2.72 bits per heavy atom. The second-order valence-electron chi connectivity index (χ2n) is 3.90. The fourth-order valence-electron chi connectivity index (χ4n) is 1.37. The molecule has 18 heavy (non-hydrogen) atoms. The largest absolute Gasteiger partial charge is 0.381 e. The van der Waals surface area contributed by atoms with Crippen LogP contribution in [0.4, 0.5) is 5.82 Å². The highest BCUT2D eigenvalue weighted by atomic mass is 32.2. The van der Waals surface area contributed by atoms with Crippen LogP contribution in [0.2, 0.25) is 0 Å². The molecule has 0 saturated carbocycles. The Labute approximate surface area is 111 Å². The van der Waals surface area contributed by atoms with Gasteiger partial charge in [-0.25, -0.2) is 9.97 Å². The molecule has 0 aromatic carbocycles. The summed E-state index contributed by atoms with van der Waals surface area (Å²) < 4.78 is 0. The van der Waals surface area contributed by atoms with Crippen LogP contribution in [0.3, 0.4) is 0 Å². The lowest BCUT2D eigenvalue weighted by atomic mass is 10.3. The fraction of sp³-hybridized carbons (Fsp3) is 0.417. The van der Waals surface area contributed by atoms with Crippen molar-refractivity contribution in [2.45, 2.75) is 18.9 Å². The Hall–Kier alpha value is -1.56. The molecular formula is C12H18N4OS. The summed E-state index contributed by atoms with van der Waals surface area (Å²) in [5.41, 5.74) is 6.63. The predicted molar refractivity (Wildman–Crippen MR) is 74.2 cm³/mol. The number of likely N-dealkylation sites (N-methyl/N-ethyl adjacent to an activating group) is 1. The molecule has 0 saturated heterocycles. The Kier molecular flexibility index (Phi) is 5.64. The van der Waals surface area contributed by atoms with E-state index < -0.39 is 0 Å². The maximum Gasteiger partial charge on any atom is 0.233 e. The molecule has 1 aromatic heterocycles. The monoisotopic (exact) mass is 266 g/mol. The van der Waals surface area contributed by atoms with Crippen molar-refractivity contribution < 1.29 is 4.79 Å². The van der Waals surface area contributed by atoms with E-state index in [1.54, 1.807) is 11.1 Å². The van der Waals surface area contributed by atoms with Crippen LogP contribution in [-0.4, -0.2) is 39.6 Å². The van der Waals surface area contributed by atoms with Crippen LogP contribution < -0.4 is 5.73 Å². The fourth-order valence-corrected chi connectivity index (χ4v) is 2.15. The molecule has 1 heterocycles. The first-order chi connectivity index (χ1) is 8.54. The van der Waals surface area contributed by atoms with Gasteiger partial charge in [0.15, 0.2) is 5.82 Å². The van der Waals surface area contributed by atoms with Crippen molar-refractivity contribution >= 4 is 23.5 Å². The highest BCUT2D eigenvalue weighted by molar-refractivity contribution is 8.00. The van der Waals surface area contributed by atoms with Crippen molar-refractivity contribution in [1.29, 1.82) is 0 Å². The van der Waals surface area contributed by atoms with E-state index in [0.29, 0.717) is 29.7 Å². The number of thioether (sulfide) groups is 1. The van der Waals surface area contributed by atoms with Gasteiger partial charge in [-0.3, -0.25) is 4.79 Å². The van der Waals surface area contributed by atoms with Gasteiger partial charge in [0.25, 0.3) is 0 Å². The molecule has 98 valence electrons. The SMILES string of the molecule is C=C(C)CN(CC)C(=O)CSc1nccnc1N. The van der Waals surface area contributed by atoms with Gasteiger partial charge in [0.2, 0.25) is 5.91 Å². The molecule has 5 nitrogen and oxygen atoms in total. The van der Waals surface area contributed by atoms with E-state index in [1.807, 2.05) is 13.8 Å². The zero-order valence-electron chi connectivity index (χ0n) is 10.7. The quantitative estimate of drug-likeness (QED) is 0.625. The minimum Gasteiger partial charge on any atom is -0.381 e. The second-order valence-corrected chi connectivity index (χ2v) is 4.86. The standard InChI is InChI=1S/C12H18N4OS/c1-4-16(7-9(2)3)10(17)8-18-12-11(13)14-5-6-15-12/h5-6H,2,4,7-8H2,1,3H3,(H2,13,14). The summed E-state index contributed by atoms with van der Waals surface area (Å²) in [6.45, 7) is 8.93. The van der Waals surface area contributed by atoms with Gasteiger partial charge < -0.3 is 10.6 Å². The lowest BCUT2D eigenvalue weighted by molar-refractivity contribution is -0.127. The number of hydrogen-bond donors (Lipinski definition) is 1. The Bertz CT molecular complexity index is 436. The van der Waals surface area contributed by atoms with Crippen molar-refractivity contribution in [1.82, 2.24) is 14.9 Å². The number of nitrogens with two attached hydrogens (primary N) is 1. The third-order valence-corrected chi connectivity index (χ3v) is 3.20. The summed E-state index contributed by atoms with van der Waals surface area (Å²) in [5, 5.41) is 0.595. The second kappa shape index (κ2) is 7.00. The average Bonchev–Trinajstić information content (AvgIpc) is 2.34. The molecule has 1 rings (SSSR count). The highest BCUT2D eigenvalue weighted by Gasteiger charge is 2.13. The van der Waals surface area contributed by atoms with Gasteiger partial charge in [-0.2, -0.15) is 0 Å². The number of carbonyl (C=O) groups excluding carboxylic acids is 1. The van der Waals surface area contributed by atoms with E-state index in [0.717, 1.165) is 5.57 Å². The van der Waals surface area contributed by atoms with Crippen molar-refractivity contribution in [3.8, 4) is 0 Å². The summed E-state index contributed by atoms with van der Waals surface area (Å²) in [4.78, 5) is 21.7. The number of nitrogen functional groups attached to an aromatic ring is 1. The van der Waals surface area contributed by atoms with Gasteiger partial charge in [0.05, 0.1) is 5.75 Å². The first kappa shape index (κ1) is 14.5. The van der Waals surface area contributed by atoms with Gasteiger partial charge >= 0.3 is 0 Å². The number of nitrogens with zero attached hydrogens (tertiary/aromatic N) is 3. The molecule has 0 fully saturated rings. The molecule has 0 unspecified atom stereocenters. The minimum absolute atomic E-state index is 0.0514. The predicted octanol–water partition coefficient (Wildman–Crippen LogP) is 1.58. The summed E-state index contributed by atoms with van der Waals surface area (Å²) in [7, 11) is 0. The third kappa shape index (κ3) is 4.37. The number of aromatic nitrogens is 2. The Morgan fingerprint density at radius 1 is 1.50 bits per heavy atom. The first-order valence-corrected chi connectivity index (χ1v) is 6.64. The lowest BCUT2D eigenvalue weighted by Crippen LogP contribution is -2.33. The molecule has 0 bridgehead atoms. The molecule has 1 amide bonds. The van der Waals surface area contributed by atoms with Gasteiger partial charge in [-0.1, -0.05) is 23.9 Å². The Morgan fingerprint density at radius 2 is 2.17 bits per heavy atom. The van der Waals surface area contributed by atoms with E-state index >= 15 is 0 Å². The van der Waals surface area contributed by atoms with Crippen LogP contribution in [0, 0.1) is 0 Å². The summed E-state index contributed by atoms with van der Waals surface area (Å²) in [5.74, 6) is 0.720. The van der Waals surface area contributed by atoms with Gasteiger partial charge in [0, 0.05) is 25.5 Å². The van der Waals surface area contributed by atoms with E-state index in [-0.39, 0.29) is 5.91 Å². The maximum absolute atomic E-state index is 12.0. The summed E-state index contributed by atoms with van der Waals surface area (Å²) in [6.07, 6.45) is 3.09. The molecule has 6 heteroatoms. The normalized spacial score (nSPS) is 10.1. The molecule has 0 aliphatic heterocycles. The highest BCUT2D eigenvalue weighted by Crippen LogP contribution is 2.20. The molecule has 0 aliphatic rings. The van der Waals surface area contributed by atoms with Crippen molar-refractivity contribution in [3.63, 3.8) is 0 Å².